The van der Waals surface area contributed by atoms with E-state index in [2.05, 4.69) is 37.4 Å². The van der Waals surface area contributed by atoms with Crippen LogP contribution in [0.4, 0.5) is 0 Å². The molecule has 1 radical (unpaired) electrons. The molecule has 1 nitrogen and oxygen atoms in total. The second kappa shape index (κ2) is 5.53. The van der Waals surface area contributed by atoms with E-state index in [-0.39, 0.29) is 0 Å². The Bertz CT molecular complexity index is 329. The second-order valence-corrected chi connectivity index (χ2v) is 6.90. The third kappa shape index (κ3) is 2.88. The maximum absolute atomic E-state index is 6.00. The first kappa shape index (κ1) is 11.7. The van der Waals surface area contributed by atoms with Crippen LogP contribution in [-0.4, -0.2) is 9.04 Å². The first-order valence-electron chi connectivity index (χ1n) is 6.34. The van der Waals surface area contributed by atoms with E-state index in [1.807, 2.05) is 0 Å². The van der Waals surface area contributed by atoms with Crippen LogP contribution in [0.5, 0.6) is 5.75 Å². The summed E-state index contributed by atoms with van der Waals surface area (Å²) >= 11 is 0. The van der Waals surface area contributed by atoms with E-state index in [1.165, 1.54) is 37.7 Å². The molecule has 1 aliphatic carbocycles. The Morgan fingerprint density at radius 1 is 1.06 bits per heavy atom. The topological polar surface area (TPSA) is 9.23 Å². The summed E-state index contributed by atoms with van der Waals surface area (Å²) in [6.45, 7) is 4.39. The maximum atomic E-state index is 6.00. The Balaban J connectivity index is 2.17. The lowest BCUT2D eigenvalue weighted by Gasteiger charge is -2.24. The average Bonchev–Trinajstić information content (AvgIpc) is 2.30. The van der Waals surface area contributed by atoms with Crippen molar-refractivity contribution >= 4 is 9.04 Å². The number of hydrogen-bond donors (Lipinski definition) is 0. The first-order chi connectivity index (χ1) is 7.77. The van der Waals surface area contributed by atoms with Crippen LogP contribution in [0, 0.1) is 0 Å². The van der Waals surface area contributed by atoms with Crippen molar-refractivity contribution < 1.29 is 4.43 Å². The molecule has 0 amide bonds. The summed E-state index contributed by atoms with van der Waals surface area (Å²) in [5.74, 6) is 1.89. The van der Waals surface area contributed by atoms with Crippen molar-refractivity contribution in [1.82, 2.24) is 0 Å². The van der Waals surface area contributed by atoms with Gasteiger partial charge in [-0.1, -0.05) is 37.5 Å². The van der Waals surface area contributed by atoms with E-state index in [4.69, 9.17) is 4.43 Å². The molecule has 0 atom stereocenters. The lowest BCUT2D eigenvalue weighted by Crippen LogP contribution is -2.14. The fourth-order valence-electron chi connectivity index (χ4n) is 2.54. The van der Waals surface area contributed by atoms with Crippen LogP contribution < -0.4 is 4.43 Å². The fourth-order valence-corrected chi connectivity index (χ4v) is 3.17. The van der Waals surface area contributed by atoms with Gasteiger partial charge in [-0.05, 0) is 43.5 Å². The number of para-hydroxylation sites is 1. The molecule has 0 heterocycles. The van der Waals surface area contributed by atoms with Gasteiger partial charge in [0.05, 0.1) is 0 Å². The van der Waals surface area contributed by atoms with Crippen molar-refractivity contribution in [2.75, 3.05) is 0 Å². The van der Waals surface area contributed by atoms with Crippen molar-refractivity contribution in [3.8, 4) is 5.75 Å². The molecule has 1 aliphatic rings. The average molecular weight is 233 g/mol. The lowest BCUT2D eigenvalue weighted by atomic mass is 9.84. The zero-order valence-corrected chi connectivity index (χ0v) is 11.3. The summed E-state index contributed by atoms with van der Waals surface area (Å²) < 4.78 is 6.00. The molecule has 16 heavy (non-hydrogen) atoms. The van der Waals surface area contributed by atoms with Crippen LogP contribution in [0.15, 0.2) is 24.3 Å². The Kier molecular flexibility index (Phi) is 4.05. The molecular weight excluding hydrogens is 212 g/mol. The SMILES string of the molecule is C[Si](C)Oc1ccccc1C1CCCCC1. The third-order valence-corrected chi connectivity index (χ3v) is 3.91. The highest BCUT2D eigenvalue weighted by atomic mass is 28.3. The molecule has 0 N–H and O–H groups in total. The van der Waals surface area contributed by atoms with Crippen LogP contribution in [0.1, 0.15) is 43.6 Å². The van der Waals surface area contributed by atoms with E-state index in [1.54, 1.807) is 0 Å². The normalized spacial score (nSPS) is 17.7. The molecule has 0 spiro atoms. The van der Waals surface area contributed by atoms with Crippen molar-refractivity contribution in [3.05, 3.63) is 29.8 Å². The molecule has 0 bridgehead atoms. The molecule has 2 rings (SSSR count). The van der Waals surface area contributed by atoms with Crippen molar-refractivity contribution in [1.29, 1.82) is 0 Å². The molecule has 1 saturated carbocycles. The van der Waals surface area contributed by atoms with E-state index in [0.717, 1.165) is 11.7 Å². The fraction of sp³-hybridized carbons (Fsp3) is 0.571. The van der Waals surface area contributed by atoms with Gasteiger partial charge in [-0.3, -0.25) is 0 Å². The predicted octanol–water partition coefficient (Wildman–Crippen LogP) is 4.36. The highest BCUT2D eigenvalue weighted by Gasteiger charge is 2.19. The monoisotopic (exact) mass is 233 g/mol. The Morgan fingerprint density at radius 3 is 2.44 bits per heavy atom. The number of rotatable bonds is 3. The van der Waals surface area contributed by atoms with Gasteiger partial charge in [0.25, 0.3) is 9.04 Å². The Labute approximate surface area is 101 Å². The summed E-state index contributed by atoms with van der Waals surface area (Å²) in [7, 11) is -0.647. The smallest absolute Gasteiger partial charge is 0.274 e. The molecule has 0 saturated heterocycles. The van der Waals surface area contributed by atoms with Gasteiger partial charge in [-0.2, -0.15) is 0 Å². The minimum Gasteiger partial charge on any atom is -0.542 e. The van der Waals surface area contributed by atoms with E-state index in [0.29, 0.717) is 0 Å². The zero-order valence-electron chi connectivity index (χ0n) is 10.3. The number of hydrogen-bond acceptors (Lipinski definition) is 1. The van der Waals surface area contributed by atoms with E-state index in [9.17, 15) is 0 Å². The van der Waals surface area contributed by atoms with Gasteiger partial charge in [0.1, 0.15) is 5.75 Å². The first-order valence-corrected chi connectivity index (χ1v) is 8.75. The molecule has 0 unspecified atom stereocenters. The third-order valence-electron chi connectivity index (χ3n) is 3.28. The molecule has 1 aromatic rings. The standard InChI is InChI=1S/C14H21OSi/c1-16(2)15-14-11-7-6-10-13(14)12-8-4-3-5-9-12/h6-7,10-12H,3-5,8-9H2,1-2H3. The summed E-state index contributed by atoms with van der Waals surface area (Å²) in [6, 6.07) is 8.64. The molecule has 1 fully saturated rings. The van der Waals surface area contributed by atoms with Gasteiger partial charge in [-0.25, -0.2) is 0 Å². The summed E-state index contributed by atoms with van der Waals surface area (Å²) in [6.07, 6.45) is 6.87. The highest BCUT2D eigenvalue weighted by molar-refractivity contribution is 6.49. The van der Waals surface area contributed by atoms with Crippen molar-refractivity contribution in [2.45, 2.75) is 51.1 Å². The maximum Gasteiger partial charge on any atom is 0.274 e. The molecule has 2 heteroatoms. The summed E-state index contributed by atoms with van der Waals surface area (Å²) in [4.78, 5) is 0. The zero-order chi connectivity index (χ0) is 11.4. The van der Waals surface area contributed by atoms with Gasteiger partial charge in [0.15, 0.2) is 0 Å². The predicted molar refractivity (Wildman–Crippen MR) is 70.4 cm³/mol. The molecule has 0 aliphatic heterocycles. The van der Waals surface area contributed by atoms with Crippen molar-refractivity contribution in [3.63, 3.8) is 0 Å². The van der Waals surface area contributed by atoms with Gasteiger partial charge in [0.2, 0.25) is 0 Å². The minimum absolute atomic E-state index is 0.647. The van der Waals surface area contributed by atoms with Gasteiger partial charge < -0.3 is 4.43 Å². The van der Waals surface area contributed by atoms with E-state index >= 15 is 0 Å². The van der Waals surface area contributed by atoms with Crippen LogP contribution >= 0.6 is 0 Å². The quantitative estimate of drug-likeness (QED) is 0.705. The molecule has 87 valence electrons. The largest absolute Gasteiger partial charge is 0.542 e. The van der Waals surface area contributed by atoms with Gasteiger partial charge in [0, 0.05) is 0 Å². The molecule has 0 aromatic heterocycles. The van der Waals surface area contributed by atoms with E-state index < -0.39 is 9.04 Å². The second-order valence-electron chi connectivity index (χ2n) is 4.88. The lowest BCUT2D eigenvalue weighted by molar-refractivity contribution is 0.433. The Morgan fingerprint density at radius 2 is 1.75 bits per heavy atom. The van der Waals surface area contributed by atoms with Crippen LogP contribution in [-0.2, 0) is 0 Å². The van der Waals surface area contributed by atoms with Crippen LogP contribution in [0.2, 0.25) is 13.1 Å². The van der Waals surface area contributed by atoms with Gasteiger partial charge >= 0.3 is 0 Å². The van der Waals surface area contributed by atoms with Crippen LogP contribution in [0.3, 0.4) is 0 Å². The number of benzene rings is 1. The summed E-state index contributed by atoms with van der Waals surface area (Å²) in [5, 5.41) is 0. The highest BCUT2D eigenvalue weighted by Crippen LogP contribution is 2.37. The van der Waals surface area contributed by atoms with Crippen LogP contribution in [0.25, 0.3) is 0 Å². The molecule has 1 aromatic carbocycles. The molecular formula is C14H21OSi. The Hall–Kier alpha value is -0.763. The van der Waals surface area contributed by atoms with Crippen molar-refractivity contribution in [2.24, 2.45) is 0 Å². The minimum atomic E-state index is -0.647. The van der Waals surface area contributed by atoms with Gasteiger partial charge in [-0.15, -0.1) is 0 Å². The summed E-state index contributed by atoms with van der Waals surface area (Å²) in [5.41, 5.74) is 1.45.